The molecule has 2 heterocycles. The third-order valence-corrected chi connectivity index (χ3v) is 3.91. The number of carbonyl (C=O) groups is 1. The Morgan fingerprint density at radius 3 is 2.42 bits per heavy atom. The summed E-state index contributed by atoms with van der Waals surface area (Å²) in [5.74, 6) is -0.217. The molecular formula is C20H15N3O. The number of nitrogens with one attached hydrogen (secondary N) is 1. The minimum atomic E-state index is -0.217. The number of amides is 1. The molecule has 4 aromatic rings. The number of rotatable bonds is 3. The summed E-state index contributed by atoms with van der Waals surface area (Å²) in [6, 6.07) is 21.2. The third-order valence-electron chi connectivity index (χ3n) is 3.91. The van der Waals surface area contributed by atoms with Crippen molar-refractivity contribution >= 4 is 22.4 Å². The highest BCUT2D eigenvalue weighted by Crippen LogP contribution is 2.30. The monoisotopic (exact) mass is 313 g/mol. The van der Waals surface area contributed by atoms with Crippen LogP contribution >= 0.6 is 0 Å². The van der Waals surface area contributed by atoms with Crippen LogP contribution in [-0.4, -0.2) is 15.5 Å². The number of carbonyl (C=O) groups excluding carboxylic acids is 1. The Morgan fingerprint density at radius 2 is 1.67 bits per heavy atom. The second-order valence-electron chi connectivity index (χ2n) is 5.44. The minimum absolute atomic E-state index is 0.217. The van der Waals surface area contributed by atoms with Crippen molar-refractivity contribution in [2.24, 2.45) is 0 Å². The molecule has 0 saturated heterocycles. The van der Waals surface area contributed by atoms with Gasteiger partial charge in [-0.15, -0.1) is 0 Å². The van der Waals surface area contributed by atoms with Crippen molar-refractivity contribution < 1.29 is 4.79 Å². The maximum atomic E-state index is 12.5. The number of hydrogen-bond acceptors (Lipinski definition) is 2. The first-order chi connectivity index (χ1) is 11.8. The van der Waals surface area contributed by atoms with Crippen molar-refractivity contribution in [3.05, 3.63) is 91.0 Å². The molecule has 4 nitrogen and oxygen atoms in total. The first-order valence-corrected chi connectivity index (χ1v) is 7.70. The van der Waals surface area contributed by atoms with E-state index in [1.54, 1.807) is 24.4 Å². The van der Waals surface area contributed by atoms with Gasteiger partial charge in [0.15, 0.2) is 0 Å². The number of pyridine rings is 1. The minimum Gasteiger partial charge on any atom is -0.323 e. The van der Waals surface area contributed by atoms with Gasteiger partial charge in [0.25, 0.3) is 5.91 Å². The van der Waals surface area contributed by atoms with Crippen molar-refractivity contribution in [1.29, 1.82) is 0 Å². The zero-order chi connectivity index (χ0) is 16.4. The highest BCUT2D eigenvalue weighted by atomic mass is 16.1. The number of hydrogen-bond donors (Lipinski definition) is 1. The molecule has 24 heavy (non-hydrogen) atoms. The van der Waals surface area contributed by atoms with Crippen LogP contribution in [0.2, 0.25) is 0 Å². The number of benzene rings is 2. The van der Waals surface area contributed by atoms with Crippen LogP contribution < -0.4 is 5.32 Å². The lowest BCUT2D eigenvalue weighted by Crippen LogP contribution is -2.14. The number of nitrogens with zero attached hydrogens (tertiary/aromatic N) is 2. The van der Waals surface area contributed by atoms with Gasteiger partial charge in [0.1, 0.15) is 5.69 Å². The molecule has 0 spiro atoms. The molecule has 4 heteroatoms. The van der Waals surface area contributed by atoms with Crippen molar-refractivity contribution in [2.75, 3.05) is 5.32 Å². The van der Waals surface area contributed by atoms with Gasteiger partial charge >= 0.3 is 0 Å². The highest BCUT2D eigenvalue weighted by molar-refractivity contribution is 6.10. The molecule has 0 radical (unpaired) electrons. The van der Waals surface area contributed by atoms with Gasteiger partial charge in [0.2, 0.25) is 0 Å². The van der Waals surface area contributed by atoms with Gasteiger partial charge in [-0.2, -0.15) is 0 Å². The highest BCUT2D eigenvalue weighted by Gasteiger charge is 2.12. The Hall–Kier alpha value is -3.40. The van der Waals surface area contributed by atoms with E-state index >= 15 is 0 Å². The second kappa shape index (κ2) is 6.01. The van der Waals surface area contributed by atoms with Gasteiger partial charge in [0.05, 0.1) is 11.4 Å². The number of fused-ring (bicyclic) bond motifs is 1. The molecule has 0 aliphatic rings. The van der Waals surface area contributed by atoms with Crippen LogP contribution in [0.1, 0.15) is 10.5 Å². The van der Waals surface area contributed by atoms with E-state index < -0.39 is 0 Å². The molecule has 0 bridgehead atoms. The van der Waals surface area contributed by atoms with Crippen LogP contribution in [0.4, 0.5) is 5.69 Å². The topological polar surface area (TPSA) is 46.9 Å². The van der Waals surface area contributed by atoms with Crippen molar-refractivity contribution in [3.63, 3.8) is 0 Å². The lowest BCUT2D eigenvalue weighted by molar-refractivity contribution is 0.102. The molecule has 4 rings (SSSR count). The summed E-state index contributed by atoms with van der Waals surface area (Å²) in [7, 11) is 0. The first-order valence-electron chi connectivity index (χ1n) is 7.70. The molecule has 1 N–H and O–H groups in total. The van der Waals surface area contributed by atoms with Gasteiger partial charge in [-0.3, -0.25) is 9.78 Å². The molecule has 0 fully saturated rings. The zero-order valence-electron chi connectivity index (χ0n) is 12.9. The van der Waals surface area contributed by atoms with Crippen molar-refractivity contribution in [3.8, 4) is 5.69 Å². The summed E-state index contributed by atoms with van der Waals surface area (Å²) in [4.78, 5) is 16.6. The van der Waals surface area contributed by atoms with E-state index in [1.165, 1.54) is 0 Å². The average molecular weight is 313 g/mol. The summed E-state index contributed by atoms with van der Waals surface area (Å²) in [5, 5.41) is 5.06. The maximum absolute atomic E-state index is 12.5. The van der Waals surface area contributed by atoms with Gasteiger partial charge < -0.3 is 9.88 Å². The van der Waals surface area contributed by atoms with E-state index in [1.807, 2.05) is 65.5 Å². The van der Waals surface area contributed by atoms with E-state index in [4.69, 9.17) is 0 Å². The Bertz CT molecular complexity index is 987. The zero-order valence-corrected chi connectivity index (χ0v) is 12.9. The summed E-state index contributed by atoms with van der Waals surface area (Å²) in [6.07, 6.45) is 5.60. The Balaban J connectivity index is 1.83. The Morgan fingerprint density at radius 1 is 0.875 bits per heavy atom. The Kier molecular flexibility index (Phi) is 3.56. The first kappa shape index (κ1) is 14.2. The number of aromatic nitrogens is 2. The number of anilines is 1. The summed E-state index contributed by atoms with van der Waals surface area (Å²) in [6.45, 7) is 0. The van der Waals surface area contributed by atoms with Gasteiger partial charge in [0, 0.05) is 24.0 Å². The van der Waals surface area contributed by atoms with Gasteiger partial charge in [-0.05, 0) is 41.8 Å². The predicted molar refractivity (Wildman–Crippen MR) is 95.5 cm³/mol. The molecule has 0 aliphatic heterocycles. The fourth-order valence-corrected chi connectivity index (χ4v) is 2.82. The molecule has 116 valence electrons. The largest absolute Gasteiger partial charge is 0.323 e. The lowest BCUT2D eigenvalue weighted by atomic mass is 10.1. The molecule has 1 amide bonds. The van der Waals surface area contributed by atoms with Crippen molar-refractivity contribution in [1.82, 2.24) is 9.55 Å². The molecule has 0 unspecified atom stereocenters. The normalized spacial score (nSPS) is 10.7. The quantitative estimate of drug-likeness (QED) is 0.614. The fraction of sp³-hybridized carbons (Fsp3) is 0. The van der Waals surface area contributed by atoms with E-state index in [9.17, 15) is 4.79 Å². The summed E-state index contributed by atoms with van der Waals surface area (Å²) < 4.78 is 2.04. The van der Waals surface area contributed by atoms with E-state index in [0.717, 1.165) is 22.1 Å². The van der Waals surface area contributed by atoms with Crippen LogP contribution in [0, 0.1) is 0 Å². The van der Waals surface area contributed by atoms with E-state index in [-0.39, 0.29) is 5.91 Å². The second-order valence-corrected chi connectivity index (χ2v) is 5.44. The van der Waals surface area contributed by atoms with Crippen LogP contribution in [0.25, 0.3) is 16.5 Å². The van der Waals surface area contributed by atoms with Crippen LogP contribution in [-0.2, 0) is 0 Å². The third kappa shape index (κ3) is 2.54. The van der Waals surface area contributed by atoms with Crippen LogP contribution in [0.15, 0.2) is 85.3 Å². The maximum Gasteiger partial charge on any atom is 0.274 e. The fourth-order valence-electron chi connectivity index (χ4n) is 2.82. The molecule has 2 aromatic carbocycles. The molecule has 0 saturated carbocycles. The van der Waals surface area contributed by atoms with Crippen LogP contribution in [0.5, 0.6) is 0 Å². The average Bonchev–Trinajstić information content (AvgIpc) is 3.17. The summed E-state index contributed by atoms with van der Waals surface area (Å²) in [5.41, 5.74) is 2.19. The van der Waals surface area contributed by atoms with Crippen LogP contribution in [0.3, 0.4) is 0 Å². The predicted octanol–water partition coefficient (Wildman–Crippen LogP) is 4.28. The summed E-state index contributed by atoms with van der Waals surface area (Å²) >= 11 is 0. The molecule has 0 atom stereocenters. The smallest absolute Gasteiger partial charge is 0.274 e. The SMILES string of the molecule is O=C(Nc1cccc2cccc(-n3cccc3)c12)c1ccccn1. The van der Waals surface area contributed by atoms with Gasteiger partial charge in [-0.1, -0.05) is 30.3 Å². The van der Waals surface area contributed by atoms with Gasteiger partial charge in [-0.25, -0.2) is 0 Å². The van der Waals surface area contributed by atoms with E-state index in [0.29, 0.717) is 5.69 Å². The molecular weight excluding hydrogens is 298 g/mol. The van der Waals surface area contributed by atoms with E-state index in [2.05, 4.69) is 10.3 Å². The lowest BCUT2D eigenvalue weighted by Gasteiger charge is -2.13. The Labute approximate surface area is 139 Å². The molecule has 2 aromatic heterocycles. The van der Waals surface area contributed by atoms with Crippen molar-refractivity contribution in [2.45, 2.75) is 0 Å². The molecule has 0 aliphatic carbocycles. The standard InChI is InChI=1S/C20H15N3O/c24-20(17-9-1-2-12-21-17)22-16-10-5-7-15-8-6-11-18(19(15)16)23-13-3-4-14-23/h1-14H,(H,22,24).